The van der Waals surface area contributed by atoms with Crippen molar-refractivity contribution in [3.8, 4) is 0 Å². The van der Waals surface area contributed by atoms with Gasteiger partial charge < -0.3 is 4.90 Å². The van der Waals surface area contributed by atoms with E-state index in [1.165, 1.54) is 24.3 Å². The van der Waals surface area contributed by atoms with E-state index in [2.05, 4.69) is 4.72 Å². The average molecular weight is 431 g/mol. The number of rotatable bonds is 4. The number of carbonyl (C=O) groups excluding carboxylic acids is 1. The van der Waals surface area contributed by atoms with Crippen LogP contribution in [0.5, 0.6) is 0 Å². The third-order valence-corrected chi connectivity index (χ3v) is 6.99. The van der Waals surface area contributed by atoms with Crippen molar-refractivity contribution in [2.75, 3.05) is 29.3 Å². The molecule has 2 aromatic rings. The zero-order valence-electron chi connectivity index (χ0n) is 14.0. The number of hydrogen-bond acceptors (Lipinski definition) is 4. The quantitative estimate of drug-likeness (QED) is 0.807. The third kappa shape index (κ3) is 4.66. The molecule has 2 aromatic carbocycles. The van der Waals surface area contributed by atoms with Crippen LogP contribution in [0.25, 0.3) is 0 Å². The van der Waals surface area contributed by atoms with Gasteiger partial charge in [-0.25, -0.2) is 12.8 Å². The topological polar surface area (TPSA) is 83.6 Å². The van der Waals surface area contributed by atoms with Crippen LogP contribution in [0.4, 0.5) is 10.1 Å². The molecule has 1 aliphatic heterocycles. The van der Waals surface area contributed by atoms with Gasteiger partial charge in [0.1, 0.15) is 5.82 Å². The molecule has 1 heterocycles. The first-order valence-corrected chi connectivity index (χ1v) is 11.3. The highest BCUT2D eigenvalue weighted by Crippen LogP contribution is 2.22. The van der Waals surface area contributed by atoms with E-state index in [9.17, 15) is 21.8 Å². The number of nitrogens with zero attached hydrogens (tertiary/aromatic N) is 1. The molecule has 144 valence electrons. The summed E-state index contributed by atoms with van der Waals surface area (Å²) in [6, 6.07) is 9.09. The van der Waals surface area contributed by atoms with Crippen molar-refractivity contribution in [1.82, 2.24) is 4.90 Å². The normalized spacial score (nSPS) is 15.6. The Morgan fingerprint density at radius 3 is 2.33 bits per heavy atom. The van der Waals surface area contributed by atoms with E-state index in [-0.39, 0.29) is 21.5 Å². The summed E-state index contributed by atoms with van der Waals surface area (Å²) in [4.78, 5) is 13.9. The van der Waals surface area contributed by atoms with Crippen molar-refractivity contribution in [3.63, 3.8) is 0 Å². The summed E-state index contributed by atoms with van der Waals surface area (Å²) in [7, 11) is -4.82. The van der Waals surface area contributed by atoms with E-state index in [0.29, 0.717) is 30.2 Å². The van der Waals surface area contributed by atoms with Gasteiger partial charge in [0.15, 0.2) is 0 Å². The number of nitrogens with one attached hydrogen (secondary N) is 1. The third-order valence-electron chi connectivity index (χ3n) is 4.05. The van der Waals surface area contributed by atoms with Gasteiger partial charge in [0.2, 0.25) is 0 Å². The van der Waals surface area contributed by atoms with Gasteiger partial charge in [0.05, 0.1) is 9.92 Å². The molecule has 1 aliphatic rings. The molecule has 0 saturated carbocycles. The predicted molar refractivity (Wildman–Crippen MR) is 102 cm³/mol. The maximum atomic E-state index is 13.2. The summed E-state index contributed by atoms with van der Waals surface area (Å²) in [5.74, 6) is 0.0275. The van der Waals surface area contributed by atoms with Gasteiger partial charge >= 0.3 is 0 Å². The molecule has 0 radical (unpaired) electrons. The van der Waals surface area contributed by atoms with Crippen molar-refractivity contribution in [3.05, 3.63) is 58.9 Å². The molecule has 0 aromatic heterocycles. The van der Waals surface area contributed by atoms with E-state index in [1.54, 1.807) is 4.90 Å². The fourth-order valence-electron chi connectivity index (χ4n) is 2.56. The van der Waals surface area contributed by atoms with Crippen LogP contribution in [0, 0.1) is 5.82 Å². The maximum Gasteiger partial charge on any atom is 0.261 e. The summed E-state index contributed by atoms with van der Waals surface area (Å²) in [6.07, 6.45) is 0. The molecule has 0 spiro atoms. The Kier molecular flexibility index (Phi) is 5.83. The van der Waals surface area contributed by atoms with Crippen molar-refractivity contribution < 1.29 is 21.8 Å². The number of amides is 1. The summed E-state index contributed by atoms with van der Waals surface area (Å²) >= 11 is 5.63. The van der Waals surface area contributed by atoms with Crippen LogP contribution in [0.1, 0.15) is 10.4 Å². The average Bonchev–Trinajstić information content (AvgIpc) is 2.64. The number of sulfonamides is 1. The maximum absolute atomic E-state index is 13.2. The summed E-state index contributed by atoms with van der Waals surface area (Å²) < 4.78 is 51.7. The Morgan fingerprint density at radius 1 is 1.11 bits per heavy atom. The molecule has 1 amide bonds. The second kappa shape index (κ2) is 7.95. The van der Waals surface area contributed by atoms with Gasteiger partial charge in [0.25, 0.3) is 15.9 Å². The number of hydrogen-bond donors (Lipinski definition) is 1. The van der Waals surface area contributed by atoms with Crippen LogP contribution >= 0.6 is 11.6 Å². The highest BCUT2D eigenvalue weighted by molar-refractivity contribution is 7.92. The Morgan fingerprint density at radius 2 is 1.74 bits per heavy atom. The van der Waals surface area contributed by atoms with Gasteiger partial charge in [-0.2, -0.15) is 0 Å². The minimum Gasteiger partial charge on any atom is -0.337 e. The number of halogens is 2. The fraction of sp³-hybridized carbons (Fsp3) is 0.235. The van der Waals surface area contributed by atoms with Gasteiger partial charge in [-0.3, -0.25) is 13.7 Å². The molecule has 10 heteroatoms. The minimum atomic E-state index is -3.94. The fourth-order valence-corrected chi connectivity index (χ4v) is 4.94. The molecule has 0 atom stereocenters. The molecular formula is C17H16ClFN2O4S2. The zero-order valence-corrected chi connectivity index (χ0v) is 16.4. The van der Waals surface area contributed by atoms with Crippen molar-refractivity contribution in [1.29, 1.82) is 0 Å². The van der Waals surface area contributed by atoms with Crippen LogP contribution in [-0.4, -0.2) is 48.0 Å². The Hall–Kier alpha value is -1.97. The molecule has 0 bridgehead atoms. The second-order valence-corrected chi connectivity index (χ2v) is 9.68. The molecule has 0 unspecified atom stereocenters. The smallest absolute Gasteiger partial charge is 0.261 e. The Bertz CT molecular complexity index is 986. The monoisotopic (exact) mass is 430 g/mol. The first-order chi connectivity index (χ1) is 12.8. The van der Waals surface area contributed by atoms with E-state index in [0.717, 1.165) is 18.2 Å². The zero-order chi connectivity index (χ0) is 19.6. The molecule has 3 rings (SSSR count). The summed E-state index contributed by atoms with van der Waals surface area (Å²) in [5, 5.41) is -0.290. The van der Waals surface area contributed by atoms with Gasteiger partial charge in [-0.05, 0) is 42.5 Å². The molecule has 1 N–H and O–H groups in total. The standard InChI is InChI=1S/C17H16ClFN2O4S2/c18-15-11-14(5-6-16(15)19)27(24,25)20-13-3-1-12(2-4-13)17(22)21-7-9-26(23)10-8-21/h1-6,11,20H,7-10H2. The number of anilines is 1. The molecular weight excluding hydrogens is 415 g/mol. The first kappa shape index (κ1) is 19.8. The van der Waals surface area contributed by atoms with Crippen molar-refractivity contribution >= 4 is 44.0 Å². The molecule has 27 heavy (non-hydrogen) atoms. The van der Waals surface area contributed by atoms with Crippen LogP contribution in [0.2, 0.25) is 5.02 Å². The highest BCUT2D eigenvalue weighted by atomic mass is 35.5. The van der Waals surface area contributed by atoms with Gasteiger partial charge in [-0.1, -0.05) is 11.6 Å². The van der Waals surface area contributed by atoms with Crippen molar-refractivity contribution in [2.24, 2.45) is 0 Å². The van der Waals surface area contributed by atoms with E-state index in [4.69, 9.17) is 11.6 Å². The van der Waals surface area contributed by atoms with E-state index in [1.807, 2.05) is 0 Å². The lowest BCUT2D eigenvalue weighted by Gasteiger charge is -2.26. The van der Waals surface area contributed by atoms with Gasteiger partial charge in [-0.15, -0.1) is 0 Å². The summed E-state index contributed by atoms with van der Waals surface area (Å²) in [5.41, 5.74) is 0.669. The van der Waals surface area contributed by atoms with E-state index >= 15 is 0 Å². The molecule has 6 nitrogen and oxygen atoms in total. The highest BCUT2D eigenvalue weighted by Gasteiger charge is 2.21. The first-order valence-electron chi connectivity index (χ1n) is 7.98. The van der Waals surface area contributed by atoms with Crippen LogP contribution in [0.3, 0.4) is 0 Å². The molecule has 1 fully saturated rings. The lowest BCUT2D eigenvalue weighted by atomic mass is 10.2. The molecule has 0 aliphatic carbocycles. The SMILES string of the molecule is O=C(c1ccc(NS(=O)(=O)c2ccc(F)c(Cl)c2)cc1)N1CCS(=O)CC1. The minimum absolute atomic E-state index is 0.171. The lowest BCUT2D eigenvalue weighted by Crippen LogP contribution is -2.41. The second-order valence-electron chi connectivity index (χ2n) is 5.90. The van der Waals surface area contributed by atoms with Crippen LogP contribution in [0.15, 0.2) is 47.4 Å². The van der Waals surface area contributed by atoms with Crippen molar-refractivity contribution in [2.45, 2.75) is 4.90 Å². The lowest BCUT2D eigenvalue weighted by molar-refractivity contribution is 0.0771. The van der Waals surface area contributed by atoms with E-state index < -0.39 is 26.6 Å². The Labute approximate surface area is 163 Å². The number of carbonyl (C=O) groups is 1. The number of benzene rings is 2. The van der Waals surface area contributed by atoms with Gasteiger partial charge in [0, 0.05) is 46.6 Å². The van der Waals surface area contributed by atoms with Crippen LogP contribution < -0.4 is 4.72 Å². The predicted octanol–water partition coefficient (Wildman–Crippen LogP) is 2.48. The van der Waals surface area contributed by atoms with Crippen LogP contribution in [-0.2, 0) is 20.8 Å². The molecule has 1 saturated heterocycles. The summed E-state index contributed by atoms with van der Waals surface area (Å²) in [6.45, 7) is 0.871. The largest absolute Gasteiger partial charge is 0.337 e. The Balaban J connectivity index is 1.72.